The van der Waals surface area contributed by atoms with E-state index in [4.69, 9.17) is 0 Å². The van der Waals surface area contributed by atoms with E-state index in [1.807, 2.05) is 27.7 Å². The number of carbonyl (C=O) groups excluding carboxylic acids is 2. The average Bonchev–Trinajstić information content (AvgIpc) is 2.79. The first-order chi connectivity index (χ1) is 8.90. The first kappa shape index (κ1) is 13.6. The fourth-order valence-corrected chi connectivity index (χ4v) is 2.43. The van der Waals surface area contributed by atoms with Gasteiger partial charge in [-0.05, 0) is 56.4 Å². The number of anilines is 1. The van der Waals surface area contributed by atoms with Gasteiger partial charge in [-0.1, -0.05) is 6.07 Å². The van der Waals surface area contributed by atoms with Crippen LogP contribution in [0.3, 0.4) is 0 Å². The number of hydrogen-bond donors (Lipinski definition) is 2. The molecule has 1 unspecified atom stereocenters. The lowest BCUT2D eigenvalue weighted by molar-refractivity contribution is -0.122. The number of nitrogens with one attached hydrogen (secondary N) is 2. The van der Waals surface area contributed by atoms with E-state index in [0.29, 0.717) is 12.8 Å². The highest BCUT2D eigenvalue weighted by atomic mass is 16.2. The van der Waals surface area contributed by atoms with Crippen LogP contribution in [0.25, 0.3) is 0 Å². The molecular weight excluding hydrogens is 240 g/mol. The summed E-state index contributed by atoms with van der Waals surface area (Å²) in [5, 5.41) is 5.66. The van der Waals surface area contributed by atoms with Gasteiger partial charge in [0.15, 0.2) is 0 Å². The molecule has 1 saturated heterocycles. The Kier molecular flexibility index (Phi) is 3.60. The van der Waals surface area contributed by atoms with Crippen LogP contribution in [0.1, 0.15) is 35.1 Å². The normalized spacial score (nSPS) is 18.3. The van der Waals surface area contributed by atoms with Crippen molar-refractivity contribution in [3.8, 4) is 0 Å². The maximum Gasteiger partial charge on any atom is 0.246 e. The Labute approximate surface area is 113 Å². The van der Waals surface area contributed by atoms with Crippen LogP contribution in [-0.4, -0.2) is 17.9 Å². The van der Waals surface area contributed by atoms with Gasteiger partial charge in [0.25, 0.3) is 0 Å². The van der Waals surface area contributed by atoms with Crippen molar-refractivity contribution in [3.05, 3.63) is 28.3 Å². The summed E-state index contributed by atoms with van der Waals surface area (Å²) in [5.74, 6) is -0.170. The minimum Gasteiger partial charge on any atom is -0.344 e. The molecule has 102 valence electrons. The van der Waals surface area contributed by atoms with Crippen LogP contribution in [0.2, 0.25) is 0 Å². The van der Waals surface area contributed by atoms with Crippen LogP contribution in [0, 0.1) is 27.7 Å². The van der Waals surface area contributed by atoms with Crippen molar-refractivity contribution in [2.75, 3.05) is 5.32 Å². The number of benzene rings is 1. The molecule has 0 bridgehead atoms. The third kappa shape index (κ3) is 2.62. The van der Waals surface area contributed by atoms with E-state index in [1.54, 1.807) is 0 Å². The Hall–Kier alpha value is -1.84. The molecule has 19 heavy (non-hydrogen) atoms. The molecule has 4 nitrogen and oxygen atoms in total. The van der Waals surface area contributed by atoms with E-state index < -0.39 is 6.04 Å². The molecular formula is C15H20N2O2. The molecule has 1 aliphatic heterocycles. The summed E-state index contributed by atoms with van der Waals surface area (Å²) < 4.78 is 0. The Morgan fingerprint density at radius 2 is 1.79 bits per heavy atom. The molecule has 0 spiro atoms. The van der Waals surface area contributed by atoms with E-state index in [2.05, 4.69) is 16.7 Å². The summed E-state index contributed by atoms with van der Waals surface area (Å²) in [6.07, 6.45) is 1.01. The number of hydrogen-bond acceptors (Lipinski definition) is 2. The summed E-state index contributed by atoms with van der Waals surface area (Å²) in [7, 11) is 0. The SMILES string of the molecule is Cc1cc(C)c(C)c(NC(=O)C2CCC(=O)N2)c1C. The van der Waals surface area contributed by atoms with Crippen LogP contribution in [0.15, 0.2) is 6.07 Å². The third-order valence-electron chi connectivity index (χ3n) is 3.93. The van der Waals surface area contributed by atoms with Gasteiger partial charge in [-0.3, -0.25) is 9.59 Å². The van der Waals surface area contributed by atoms with E-state index in [9.17, 15) is 9.59 Å². The highest BCUT2D eigenvalue weighted by Crippen LogP contribution is 2.27. The lowest BCUT2D eigenvalue weighted by Crippen LogP contribution is -2.37. The molecule has 4 heteroatoms. The van der Waals surface area contributed by atoms with Crippen molar-refractivity contribution < 1.29 is 9.59 Å². The van der Waals surface area contributed by atoms with Gasteiger partial charge >= 0.3 is 0 Å². The van der Waals surface area contributed by atoms with Crippen LogP contribution in [-0.2, 0) is 9.59 Å². The molecule has 1 aliphatic rings. The Morgan fingerprint density at radius 1 is 1.21 bits per heavy atom. The second-order valence-corrected chi connectivity index (χ2v) is 5.28. The summed E-state index contributed by atoms with van der Waals surface area (Å²) >= 11 is 0. The maximum absolute atomic E-state index is 12.2. The monoisotopic (exact) mass is 260 g/mol. The van der Waals surface area contributed by atoms with Crippen molar-refractivity contribution in [1.82, 2.24) is 5.32 Å². The minimum atomic E-state index is -0.396. The molecule has 2 amide bonds. The largest absolute Gasteiger partial charge is 0.344 e. The summed E-state index contributed by atoms with van der Waals surface area (Å²) in [5.41, 5.74) is 5.37. The van der Waals surface area contributed by atoms with Crippen molar-refractivity contribution in [3.63, 3.8) is 0 Å². The van der Waals surface area contributed by atoms with E-state index >= 15 is 0 Å². The summed E-state index contributed by atoms with van der Waals surface area (Å²) in [6.45, 7) is 8.08. The molecule has 0 saturated carbocycles. The van der Waals surface area contributed by atoms with Gasteiger partial charge in [-0.2, -0.15) is 0 Å². The first-order valence-corrected chi connectivity index (χ1v) is 6.57. The molecule has 1 heterocycles. The standard InChI is InChI=1S/C15H20N2O2/c1-8-7-9(2)11(4)14(10(8)3)17-15(19)12-5-6-13(18)16-12/h7,12H,5-6H2,1-4H3,(H,16,18)(H,17,19). The number of aryl methyl sites for hydroxylation is 2. The zero-order chi connectivity index (χ0) is 14.2. The van der Waals surface area contributed by atoms with Crippen molar-refractivity contribution >= 4 is 17.5 Å². The van der Waals surface area contributed by atoms with E-state index in [1.165, 1.54) is 0 Å². The first-order valence-electron chi connectivity index (χ1n) is 6.57. The number of amides is 2. The van der Waals surface area contributed by atoms with Gasteiger partial charge in [0, 0.05) is 12.1 Å². The highest BCUT2D eigenvalue weighted by Gasteiger charge is 2.27. The van der Waals surface area contributed by atoms with Crippen LogP contribution in [0.5, 0.6) is 0 Å². The molecule has 2 N–H and O–H groups in total. The minimum absolute atomic E-state index is 0.0472. The van der Waals surface area contributed by atoms with Crippen LogP contribution >= 0.6 is 0 Å². The van der Waals surface area contributed by atoms with Crippen molar-refractivity contribution in [1.29, 1.82) is 0 Å². The summed E-state index contributed by atoms with van der Waals surface area (Å²) in [6, 6.07) is 1.73. The lowest BCUT2D eigenvalue weighted by Gasteiger charge is -2.18. The van der Waals surface area contributed by atoms with Crippen LogP contribution in [0.4, 0.5) is 5.69 Å². The average molecular weight is 260 g/mol. The zero-order valence-electron chi connectivity index (χ0n) is 11.9. The van der Waals surface area contributed by atoms with Crippen molar-refractivity contribution in [2.24, 2.45) is 0 Å². The molecule has 1 aromatic rings. The highest BCUT2D eigenvalue weighted by molar-refractivity contribution is 6.00. The van der Waals surface area contributed by atoms with Gasteiger partial charge in [0.2, 0.25) is 11.8 Å². The fraction of sp³-hybridized carbons (Fsp3) is 0.467. The number of carbonyl (C=O) groups is 2. The third-order valence-corrected chi connectivity index (χ3v) is 3.93. The second-order valence-electron chi connectivity index (χ2n) is 5.28. The van der Waals surface area contributed by atoms with E-state index in [0.717, 1.165) is 27.9 Å². The van der Waals surface area contributed by atoms with Gasteiger partial charge in [0.1, 0.15) is 6.04 Å². The predicted molar refractivity (Wildman–Crippen MR) is 75.2 cm³/mol. The maximum atomic E-state index is 12.2. The molecule has 1 atom stereocenters. The Bertz CT molecular complexity index is 523. The van der Waals surface area contributed by atoms with Gasteiger partial charge < -0.3 is 10.6 Å². The molecule has 0 radical (unpaired) electrons. The van der Waals surface area contributed by atoms with Crippen LogP contribution < -0.4 is 10.6 Å². The number of rotatable bonds is 2. The van der Waals surface area contributed by atoms with Gasteiger partial charge in [0.05, 0.1) is 0 Å². The quantitative estimate of drug-likeness (QED) is 0.856. The van der Waals surface area contributed by atoms with Gasteiger partial charge in [-0.25, -0.2) is 0 Å². The topological polar surface area (TPSA) is 58.2 Å². The molecule has 0 aromatic heterocycles. The lowest BCUT2D eigenvalue weighted by atomic mass is 9.98. The van der Waals surface area contributed by atoms with Crippen molar-refractivity contribution in [2.45, 2.75) is 46.6 Å². The molecule has 1 aromatic carbocycles. The predicted octanol–water partition coefficient (Wildman–Crippen LogP) is 2.14. The molecule has 1 fully saturated rings. The molecule has 0 aliphatic carbocycles. The smallest absolute Gasteiger partial charge is 0.246 e. The summed E-state index contributed by atoms with van der Waals surface area (Å²) in [4.78, 5) is 23.3. The molecule has 2 rings (SSSR count). The zero-order valence-corrected chi connectivity index (χ0v) is 11.9. The second kappa shape index (κ2) is 5.03. The Balaban J connectivity index is 2.24. The Morgan fingerprint density at radius 3 is 2.26 bits per heavy atom. The fourth-order valence-electron chi connectivity index (χ4n) is 2.43. The van der Waals surface area contributed by atoms with Gasteiger partial charge in [-0.15, -0.1) is 0 Å². The van der Waals surface area contributed by atoms with E-state index in [-0.39, 0.29) is 11.8 Å².